The van der Waals surface area contributed by atoms with Gasteiger partial charge in [0, 0.05) is 10.9 Å². The number of aromatic nitrogens is 1. The number of aliphatic hydroxyl groups excluding tert-OH is 1. The number of hydrogen-bond acceptors (Lipinski definition) is 5. The van der Waals surface area contributed by atoms with Gasteiger partial charge in [-0.1, -0.05) is 30.3 Å². The van der Waals surface area contributed by atoms with Gasteiger partial charge in [-0.25, -0.2) is 4.98 Å². The molecule has 2 aromatic rings. The fraction of sp³-hybridized carbons (Fsp3) is 0.444. The number of anilines is 1. The lowest BCUT2D eigenvalue weighted by atomic mass is 9.92. The van der Waals surface area contributed by atoms with Crippen molar-refractivity contribution in [2.45, 2.75) is 25.9 Å². The summed E-state index contributed by atoms with van der Waals surface area (Å²) in [6.45, 7) is 3.94. The molecule has 128 valence electrons. The first-order valence-electron chi connectivity index (χ1n) is 8.33. The third kappa shape index (κ3) is 4.41. The van der Waals surface area contributed by atoms with Gasteiger partial charge < -0.3 is 10.4 Å². The molecule has 1 saturated heterocycles. The van der Waals surface area contributed by atoms with Gasteiger partial charge in [-0.15, -0.1) is 11.3 Å². The number of nitrogens with zero attached hydrogens (tertiary/aromatic N) is 2. The Kier molecular flexibility index (Phi) is 5.60. The third-order valence-electron chi connectivity index (χ3n) is 4.50. The van der Waals surface area contributed by atoms with Crippen molar-refractivity contribution in [1.82, 2.24) is 9.88 Å². The van der Waals surface area contributed by atoms with Crippen LogP contribution in [0.1, 0.15) is 19.8 Å². The van der Waals surface area contributed by atoms with Gasteiger partial charge in [0.25, 0.3) is 0 Å². The molecule has 1 amide bonds. The second kappa shape index (κ2) is 7.88. The third-order valence-corrected chi connectivity index (χ3v) is 5.26. The van der Waals surface area contributed by atoms with Crippen LogP contribution in [0.4, 0.5) is 5.13 Å². The highest BCUT2D eigenvalue weighted by atomic mass is 32.1. The smallest absolute Gasteiger partial charge is 0.240 e. The molecule has 6 heteroatoms. The van der Waals surface area contributed by atoms with Gasteiger partial charge in [-0.2, -0.15) is 0 Å². The number of thiazole rings is 1. The summed E-state index contributed by atoms with van der Waals surface area (Å²) in [5.41, 5.74) is 1.93. The van der Waals surface area contributed by atoms with Crippen LogP contribution in [0.2, 0.25) is 0 Å². The Morgan fingerprint density at radius 3 is 2.75 bits per heavy atom. The summed E-state index contributed by atoms with van der Waals surface area (Å²) in [5, 5.41) is 15.1. The molecular weight excluding hydrogens is 322 g/mol. The first kappa shape index (κ1) is 17.1. The normalized spacial score (nSPS) is 17.6. The van der Waals surface area contributed by atoms with Crippen LogP contribution < -0.4 is 5.32 Å². The highest BCUT2D eigenvalue weighted by molar-refractivity contribution is 7.14. The molecule has 3 rings (SSSR count). The van der Waals surface area contributed by atoms with Crippen LogP contribution in [0.15, 0.2) is 35.7 Å². The van der Waals surface area contributed by atoms with Crippen molar-refractivity contribution in [3.8, 4) is 11.3 Å². The van der Waals surface area contributed by atoms with E-state index in [0.717, 1.165) is 37.2 Å². The van der Waals surface area contributed by atoms with Crippen LogP contribution in [-0.4, -0.2) is 46.6 Å². The molecule has 5 nitrogen and oxygen atoms in total. The second-order valence-electron chi connectivity index (χ2n) is 6.31. The maximum absolute atomic E-state index is 12.2. The summed E-state index contributed by atoms with van der Waals surface area (Å²) in [7, 11) is 0. The number of nitrogens with one attached hydrogen (secondary N) is 1. The minimum atomic E-state index is -0.257. The summed E-state index contributed by atoms with van der Waals surface area (Å²) in [5.74, 6) is 0.330. The van der Waals surface area contributed by atoms with Crippen LogP contribution in [0.25, 0.3) is 11.3 Å². The van der Waals surface area contributed by atoms with Gasteiger partial charge in [-0.05, 0) is 38.8 Å². The summed E-state index contributed by atoms with van der Waals surface area (Å²) >= 11 is 1.44. The lowest BCUT2D eigenvalue weighted by Gasteiger charge is -2.32. The fourth-order valence-electron chi connectivity index (χ4n) is 3.03. The van der Waals surface area contributed by atoms with Gasteiger partial charge in [-0.3, -0.25) is 9.69 Å². The second-order valence-corrected chi connectivity index (χ2v) is 7.16. The number of piperidine rings is 1. The number of aliphatic hydroxyl groups is 1. The molecular formula is C18H23N3O2S. The Morgan fingerprint density at radius 2 is 2.08 bits per heavy atom. The molecule has 1 atom stereocenters. The average molecular weight is 345 g/mol. The van der Waals surface area contributed by atoms with Crippen LogP contribution in [-0.2, 0) is 4.79 Å². The number of hydrogen-bond donors (Lipinski definition) is 2. The maximum atomic E-state index is 12.2. The van der Waals surface area contributed by atoms with Gasteiger partial charge >= 0.3 is 0 Å². The van der Waals surface area contributed by atoms with Crippen molar-refractivity contribution in [3.05, 3.63) is 35.7 Å². The quantitative estimate of drug-likeness (QED) is 0.874. The number of benzene rings is 1. The van der Waals surface area contributed by atoms with E-state index in [4.69, 9.17) is 0 Å². The van der Waals surface area contributed by atoms with E-state index in [1.807, 2.05) is 42.6 Å². The van der Waals surface area contributed by atoms with E-state index >= 15 is 0 Å². The van der Waals surface area contributed by atoms with Crippen LogP contribution >= 0.6 is 11.3 Å². The van der Waals surface area contributed by atoms with Crippen LogP contribution in [0, 0.1) is 5.92 Å². The first-order valence-corrected chi connectivity index (χ1v) is 9.21. The largest absolute Gasteiger partial charge is 0.393 e. The number of amides is 1. The SMILES string of the molecule is CC(O)C1CCN(CC(=O)Nc2nc(-c3ccccc3)cs2)CC1. The Bertz CT molecular complexity index is 664. The molecule has 1 aliphatic rings. The van der Waals surface area contributed by atoms with Gasteiger partial charge in [0.1, 0.15) is 0 Å². The fourth-order valence-corrected chi connectivity index (χ4v) is 3.76. The molecule has 0 spiro atoms. The standard InChI is InChI=1S/C18H23N3O2S/c1-13(22)14-7-9-21(10-8-14)11-17(23)20-18-19-16(12-24-18)15-5-3-2-4-6-15/h2-6,12-14,22H,7-11H2,1H3,(H,19,20,23). The highest BCUT2D eigenvalue weighted by Gasteiger charge is 2.23. The van der Waals surface area contributed by atoms with Crippen molar-refractivity contribution in [2.75, 3.05) is 25.0 Å². The molecule has 0 saturated carbocycles. The van der Waals surface area contributed by atoms with E-state index in [-0.39, 0.29) is 12.0 Å². The minimum Gasteiger partial charge on any atom is -0.393 e. The Balaban J connectivity index is 1.50. The first-order chi connectivity index (χ1) is 11.6. The maximum Gasteiger partial charge on any atom is 0.240 e. The van der Waals surface area contributed by atoms with E-state index in [1.165, 1.54) is 11.3 Å². The van der Waals surface area contributed by atoms with E-state index < -0.39 is 0 Å². The van der Waals surface area contributed by atoms with Crippen LogP contribution in [0.5, 0.6) is 0 Å². The molecule has 2 N–H and O–H groups in total. The average Bonchev–Trinajstić information content (AvgIpc) is 3.04. The molecule has 0 bridgehead atoms. The number of rotatable bonds is 5. The van der Waals surface area contributed by atoms with E-state index in [1.54, 1.807) is 0 Å². The molecule has 1 aliphatic heterocycles. The van der Waals surface area contributed by atoms with Gasteiger partial charge in [0.2, 0.25) is 5.91 Å². The lowest BCUT2D eigenvalue weighted by molar-refractivity contribution is -0.117. The molecule has 1 aromatic carbocycles. The highest BCUT2D eigenvalue weighted by Crippen LogP contribution is 2.25. The molecule has 0 radical (unpaired) electrons. The monoisotopic (exact) mass is 345 g/mol. The van der Waals surface area contributed by atoms with Gasteiger partial charge in [0.05, 0.1) is 18.3 Å². The Morgan fingerprint density at radius 1 is 1.38 bits per heavy atom. The number of carbonyl (C=O) groups excluding carboxylic acids is 1. The van der Waals surface area contributed by atoms with E-state index in [2.05, 4.69) is 15.2 Å². The van der Waals surface area contributed by atoms with E-state index in [9.17, 15) is 9.90 Å². The molecule has 1 unspecified atom stereocenters. The summed E-state index contributed by atoms with van der Waals surface area (Å²) in [6, 6.07) is 9.94. The molecule has 2 heterocycles. The molecule has 0 aliphatic carbocycles. The molecule has 24 heavy (non-hydrogen) atoms. The van der Waals surface area contributed by atoms with Crippen molar-refractivity contribution in [1.29, 1.82) is 0 Å². The summed E-state index contributed by atoms with van der Waals surface area (Å²) in [4.78, 5) is 18.8. The zero-order chi connectivity index (χ0) is 16.9. The summed E-state index contributed by atoms with van der Waals surface area (Å²) in [6.07, 6.45) is 1.63. The molecule has 1 fully saturated rings. The summed E-state index contributed by atoms with van der Waals surface area (Å²) < 4.78 is 0. The topological polar surface area (TPSA) is 65.5 Å². The van der Waals surface area contributed by atoms with Crippen molar-refractivity contribution in [2.24, 2.45) is 5.92 Å². The predicted molar refractivity (Wildman–Crippen MR) is 97.0 cm³/mol. The Hall–Kier alpha value is -1.76. The predicted octanol–water partition coefficient (Wildman–Crippen LogP) is 2.84. The van der Waals surface area contributed by atoms with Gasteiger partial charge in [0.15, 0.2) is 5.13 Å². The van der Waals surface area contributed by atoms with Crippen molar-refractivity contribution >= 4 is 22.4 Å². The zero-order valence-corrected chi connectivity index (χ0v) is 14.6. The van der Waals surface area contributed by atoms with Crippen molar-refractivity contribution < 1.29 is 9.90 Å². The lowest BCUT2D eigenvalue weighted by Crippen LogP contribution is -2.41. The Labute approximate surface area is 146 Å². The van der Waals surface area contributed by atoms with E-state index in [0.29, 0.717) is 17.6 Å². The minimum absolute atomic E-state index is 0.0283. The van der Waals surface area contributed by atoms with Crippen molar-refractivity contribution in [3.63, 3.8) is 0 Å². The number of likely N-dealkylation sites (tertiary alicyclic amines) is 1. The zero-order valence-electron chi connectivity index (χ0n) is 13.8. The number of carbonyl (C=O) groups is 1. The van der Waals surface area contributed by atoms with Crippen LogP contribution in [0.3, 0.4) is 0 Å². The molecule has 1 aromatic heterocycles.